The van der Waals surface area contributed by atoms with Crippen LogP contribution in [0.4, 0.5) is 17.1 Å². The molecule has 2 aromatic rings. The number of rotatable bonds is 4. The summed E-state index contributed by atoms with van der Waals surface area (Å²) < 4.78 is 0. The van der Waals surface area contributed by atoms with E-state index in [9.17, 15) is 4.79 Å². The van der Waals surface area contributed by atoms with Gasteiger partial charge in [-0.15, -0.1) is 11.3 Å². The molecule has 1 atom stereocenters. The lowest BCUT2D eigenvalue weighted by Crippen LogP contribution is -2.20. The highest BCUT2D eigenvalue weighted by Gasteiger charge is 2.19. The molecular formula is C15H18N4OS. The van der Waals surface area contributed by atoms with Gasteiger partial charge in [0.15, 0.2) is 0 Å². The van der Waals surface area contributed by atoms with Crippen molar-refractivity contribution in [1.82, 2.24) is 4.98 Å². The predicted octanol–water partition coefficient (Wildman–Crippen LogP) is 3.17. The maximum absolute atomic E-state index is 11.5. The Kier molecular flexibility index (Phi) is 3.79. The summed E-state index contributed by atoms with van der Waals surface area (Å²) >= 11 is 1.63. The molecule has 0 radical (unpaired) electrons. The van der Waals surface area contributed by atoms with Crippen LogP contribution in [0.25, 0.3) is 0 Å². The molecule has 1 unspecified atom stereocenters. The van der Waals surface area contributed by atoms with E-state index in [2.05, 4.69) is 22.5 Å². The monoisotopic (exact) mass is 302 g/mol. The zero-order chi connectivity index (χ0) is 14.8. The average molecular weight is 302 g/mol. The Morgan fingerprint density at radius 3 is 3.05 bits per heavy atom. The topological polar surface area (TPSA) is 80.0 Å². The number of thiazole rings is 1. The molecule has 1 aromatic heterocycles. The van der Waals surface area contributed by atoms with E-state index in [-0.39, 0.29) is 11.9 Å². The summed E-state index contributed by atoms with van der Waals surface area (Å²) in [6.45, 7) is 2.11. The maximum atomic E-state index is 11.5. The third kappa shape index (κ3) is 2.85. The molecule has 0 saturated heterocycles. The van der Waals surface area contributed by atoms with Gasteiger partial charge >= 0.3 is 0 Å². The zero-order valence-corrected chi connectivity index (χ0v) is 12.7. The molecule has 0 aliphatic carbocycles. The predicted molar refractivity (Wildman–Crippen MR) is 86.6 cm³/mol. The van der Waals surface area contributed by atoms with Gasteiger partial charge in [0.1, 0.15) is 5.01 Å². The molecule has 21 heavy (non-hydrogen) atoms. The molecule has 3 rings (SSSR count). The Labute approximate surface area is 127 Å². The van der Waals surface area contributed by atoms with Crippen LogP contribution in [0.1, 0.15) is 36.4 Å². The number of carbonyl (C=O) groups is 1. The number of hydrogen-bond donors (Lipinski definition) is 3. The van der Waals surface area contributed by atoms with Crippen LogP contribution in [0.5, 0.6) is 0 Å². The third-order valence-electron chi connectivity index (χ3n) is 3.66. The van der Waals surface area contributed by atoms with Crippen molar-refractivity contribution in [3.8, 4) is 0 Å². The summed E-state index contributed by atoms with van der Waals surface area (Å²) in [7, 11) is 0. The van der Waals surface area contributed by atoms with Gasteiger partial charge in [-0.2, -0.15) is 0 Å². The summed E-state index contributed by atoms with van der Waals surface area (Å²) in [6, 6.07) is 4.01. The van der Waals surface area contributed by atoms with E-state index in [1.807, 2.05) is 17.5 Å². The van der Waals surface area contributed by atoms with E-state index < -0.39 is 0 Å². The molecule has 5 nitrogen and oxygen atoms in total. The quantitative estimate of drug-likeness (QED) is 0.758. The fraction of sp³-hybridized carbons (Fsp3) is 0.333. The van der Waals surface area contributed by atoms with Gasteiger partial charge in [0.05, 0.1) is 17.4 Å². The van der Waals surface area contributed by atoms with Crippen molar-refractivity contribution in [3.63, 3.8) is 0 Å². The largest absolute Gasteiger partial charge is 0.397 e. The van der Waals surface area contributed by atoms with E-state index in [1.165, 1.54) is 0 Å². The van der Waals surface area contributed by atoms with E-state index in [1.54, 1.807) is 17.5 Å². The van der Waals surface area contributed by atoms with Gasteiger partial charge in [0.2, 0.25) is 5.91 Å². The Bertz CT molecular complexity index is 654. The number of nitrogens with one attached hydrogen (secondary N) is 2. The number of nitrogens with zero attached hydrogens (tertiary/aromatic N) is 1. The Morgan fingerprint density at radius 2 is 2.33 bits per heavy atom. The molecule has 1 aromatic carbocycles. The van der Waals surface area contributed by atoms with Gasteiger partial charge in [-0.1, -0.05) is 6.92 Å². The van der Waals surface area contributed by atoms with E-state index in [0.29, 0.717) is 12.1 Å². The van der Waals surface area contributed by atoms with Crippen molar-refractivity contribution in [2.45, 2.75) is 32.2 Å². The molecule has 0 saturated carbocycles. The minimum atomic E-state index is 0.0604. The van der Waals surface area contributed by atoms with Crippen LogP contribution in [0.3, 0.4) is 0 Å². The van der Waals surface area contributed by atoms with Crippen LogP contribution in [0, 0.1) is 0 Å². The molecule has 1 aliphatic heterocycles. The van der Waals surface area contributed by atoms with E-state index in [4.69, 9.17) is 5.73 Å². The normalized spacial score (nSPS) is 15.2. The second kappa shape index (κ2) is 5.73. The van der Waals surface area contributed by atoms with Gasteiger partial charge < -0.3 is 16.4 Å². The molecule has 0 spiro atoms. The third-order valence-corrected chi connectivity index (χ3v) is 4.55. The molecule has 110 valence electrons. The van der Waals surface area contributed by atoms with Crippen molar-refractivity contribution < 1.29 is 4.79 Å². The number of hydrogen-bond acceptors (Lipinski definition) is 5. The Balaban J connectivity index is 1.88. The highest BCUT2D eigenvalue weighted by molar-refractivity contribution is 7.09. The van der Waals surface area contributed by atoms with Crippen molar-refractivity contribution >= 4 is 34.3 Å². The minimum absolute atomic E-state index is 0.0604. The number of carbonyl (C=O) groups excluding carboxylic acids is 1. The van der Waals surface area contributed by atoms with Crippen LogP contribution in [0.2, 0.25) is 0 Å². The molecule has 4 N–H and O–H groups in total. The van der Waals surface area contributed by atoms with E-state index >= 15 is 0 Å². The fourth-order valence-electron chi connectivity index (χ4n) is 2.51. The number of fused-ring (bicyclic) bond motifs is 1. The lowest BCUT2D eigenvalue weighted by Gasteiger charge is -2.22. The lowest BCUT2D eigenvalue weighted by molar-refractivity contribution is -0.116. The van der Waals surface area contributed by atoms with Crippen LogP contribution in [0.15, 0.2) is 23.7 Å². The molecule has 0 fully saturated rings. The van der Waals surface area contributed by atoms with Crippen molar-refractivity contribution in [1.29, 1.82) is 0 Å². The fourth-order valence-corrected chi connectivity index (χ4v) is 3.28. The van der Waals surface area contributed by atoms with E-state index in [0.717, 1.165) is 34.8 Å². The first-order chi connectivity index (χ1) is 10.2. The number of anilines is 3. The smallest absolute Gasteiger partial charge is 0.224 e. The van der Waals surface area contributed by atoms with Crippen LogP contribution in [-0.4, -0.2) is 10.9 Å². The van der Waals surface area contributed by atoms with Crippen LogP contribution < -0.4 is 16.4 Å². The Morgan fingerprint density at radius 1 is 1.48 bits per heavy atom. The summed E-state index contributed by atoms with van der Waals surface area (Å²) in [6.07, 6.45) is 3.99. The van der Waals surface area contributed by atoms with Gasteiger partial charge in [-0.05, 0) is 30.5 Å². The first-order valence-electron chi connectivity index (χ1n) is 7.05. The summed E-state index contributed by atoms with van der Waals surface area (Å²) in [5.41, 5.74) is 9.65. The van der Waals surface area contributed by atoms with Crippen molar-refractivity contribution in [3.05, 3.63) is 34.3 Å². The van der Waals surface area contributed by atoms with Gasteiger partial charge in [-0.3, -0.25) is 4.79 Å². The first kappa shape index (κ1) is 13.9. The summed E-state index contributed by atoms with van der Waals surface area (Å²) in [5.74, 6) is 0.0604. The zero-order valence-electron chi connectivity index (χ0n) is 11.8. The standard InChI is InChI=1S/C15H18N4OS/c1-2-11(15-17-5-6-21-15)18-13-8-12-9(7-10(13)16)3-4-14(20)19-12/h5-8,11,18H,2-4,16H2,1H3,(H,19,20). The SMILES string of the molecule is CCC(Nc1cc2c(cc1N)CCC(=O)N2)c1nccs1. The number of benzene rings is 1. The number of nitrogens with two attached hydrogens (primary N) is 1. The number of aromatic nitrogens is 1. The molecule has 1 aliphatic rings. The first-order valence-corrected chi connectivity index (χ1v) is 7.93. The maximum Gasteiger partial charge on any atom is 0.224 e. The number of aryl methyl sites for hydroxylation is 1. The summed E-state index contributed by atoms with van der Waals surface area (Å²) in [4.78, 5) is 15.9. The number of nitrogen functional groups attached to an aromatic ring is 1. The van der Waals surface area contributed by atoms with Gasteiger partial charge in [0, 0.05) is 23.7 Å². The molecule has 0 bridgehead atoms. The Hall–Kier alpha value is -2.08. The molecule has 1 amide bonds. The minimum Gasteiger partial charge on any atom is -0.397 e. The molecule has 2 heterocycles. The molecule has 6 heteroatoms. The van der Waals surface area contributed by atoms with Crippen molar-refractivity contribution in [2.75, 3.05) is 16.4 Å². The second-order valence-electron chi connectivity index (χ2n) is 5.12. The van der Waals surface area contributed by atoms with Crippen molar-refractivity contribution in [2.24, 2.45) is 0 Å². The van der Waals surface area contributed by atoms with Gasteiger partial charge in [0.25, 0.3) is 0 Å². The van der Waals surface area contributed by atoms with Crippen LogP contribution in [-0.2, 0) is 11.2 Å². The lowest BCUT2D eigenvalue weighted by atomic mass is 10.0. The second-order valence-corrected chi connectivity index (χ2v) is 6.05. The average Bonchev–Trinajstić information content (AvgIpc) is 2.99. The molecular weight excluding hydrogens is 284 g/mol. The number of amides is 1. The highest BCUT2D eigenvalue weighted by atomic mass is 32.1. The van der Waals surface area contributed by atoms with Crippen LogP contribution >= 0.6 is 11.3 Å². The highest BCUT2D eigenvalue weighted by Crippen LogP contribution is 2.34. The summed E-state index contributed by atoms with van der Waals surface area (Å²) in [5, 5.41) is 9.35. The van der Waals surface area contributed by atoms with Gasteiger partial charge in [-0.25, -0.2) is 4.98 Å².